The SMILES string of the molecule is Cc1ccc(C=NNC(=O)c2cc(C)oc2C)c(C)c1. The first-order chi connectivity index (χ1) is 9.47. The maximum absolute atomic E-state index is 11.9. The zero-order valence-electron chi connectivity index (χ0n) is 12.2. The molecule has 0 spiro atoms. The second-order valence-corrected chi connectivity index (χ2v) is 4.89. The molecule has 2 aromatic rings. The number of benzene rings is 1. The third kappa shape index (κ3) is 3.15. The Morgan fingerprint density at radius 1 is 1.20 bits per heavy atom. The summed E-state index contributed by atoms with van der Waals surface area (Å²) in [6, 6.07) is 7.78. The van der Waals surface area contributed by atoms with Gasteiger partial charge >= 0.3 is 0 Å². The number of hydrogen-bond acceptors (Lipinski definition) is 3. The van der Waals surface area contributed by atoms with E-state index in [4.69, 9.17) is 4.42 Å². The number of rotatable bonds is 3. The van der Waals surface area contributed by atoms with Gasteiger partial charge in [0.15, 0.2) is 0 Å². The number of amides is 1. The number of nitrogens with one attached hydrogen (secondary N) is 1. The standard InChI is InChI=1S/C16H18N2O2/c1-10-5-6-14(11(2)7-10)9-17-18-16(19)15-8-12(3)20-13(15)4/h5-9H,1-4H3,(H,18,19). The van der Waals surface area contributed by atoms with E-state index in [1.807, 2.05) is 32.9 Å². The number of hydrazone groups is 1. The molecule has 0 unspecified atom stereocenters. The smallest absolute Gasteiger partial charge is 0.274 e. The number of furan rings is 1. The summed E-state index contributed by atoms with van der Waals surface area (Å²) in [5.41, 5.74) is 6.34. The van der Waals surface area contributed by atoms with Crippen LogP contribution in [0.15, 0.2) is 33.8 Å². The van der Waals surface area contributed by atoms with Crippen LogP contribution >= 0.6 is 0 Å². The fraction of sp³-hybridized carbons (Fsp3) is 0.250. The predicted molar refractivity (Wildman–Crippen MR) is 79.2 cm³/mol. The van der Waals surface area contributed by atoms with Crippen molar-refractivity contribution in [3.05, 3.63) is 58.0 Å². The van der Waals surface area contributed by atoms with Crippen molar-refractivity contribution in [2.75, 3.05) is 0 Å². The molecule has 0 saturated carbocycles. The minimum Gasteiger partial charge on any atom is -0.466 e. The summed E-state index contributed by atoms with van der Waals surface area (Å²) in [7, 11) is 0. The first-order valence-corrected chi connectivity index (χ1v) is 6.45. The Balaban J connectivity index is 2.06. The minimum absolute atomic E-state index is 0.264. The topological polar surface area (TPSA) is 54.6 Å². The third-order valence-electron chi connectivity index (χ3n) is 3.08. The Bertz CT molecular complexity index is 669. The highest BCUT2D eigenvalue weighted by Crippen LogP contribution is 2.13. The van der Waals surface area contributed by atoms with Gasteiger partial charge in [0.25, 0.3) is 5.91 Å². The van der Waals surface area contributed by atoms with Crippen molar-refractivity contribution in [1.29, 1.82) is 0 Å². The highest BCUT2D eigenvalue weighted by Gasteiger charge is 2.12. The molecule has 0 atom stereocenters. The lowest BCUT2D eigenvalue weighted by Gasteiger charge is -2.01. The molecule has 20 heavy (non-hydrogen) atoms. The van der Waals surface area contributed by atoms with Crippen LogP contribution in [0.3, 0.4) is 0 Å². The van der Waals surface area contributed by atoms with Crippen LogP contribution in [0.1, 0.15) is 38.6 Å². The molecule has 2 rings (SSSR count). The third-order valence-corrected chi connectivity index (χ3v) is 3.08. The molecule has 0 aliphatic rings. The molecule has 0 bridgehead atoms. The van der Waals surface area contributed by atoms with Crippen LogP contribution in [-0.4, -0.2) is 12.1 Å². The molecular weight excluding hydrogens is 252 g/mol. The molecule has 1 aromatic heterocycles. The largest absolute Gasteiger partial charge is 0.466 e. The fourth-order valence-corrected chi connectivity index (χ4v) is 2.05. The summed E-state index contributed by atoms with van der Waals surface area (Å²) < 4.78 is 5.32. The number of aryl methyl sites for hydroxylation is 4. The second kappa shape index (κ2) is 5.74. The highest BCUT2D eigenvalue weighted by molar-refractivity contribution is 5.96. The van der Waals surface area contributed by atoms with E-state index in [1.54, 1.807) is 19.2 Å². The second-order valence-electron chi connectivity index (χ2n) is 4.89. The molecule has 0 aliphatic carbocycles. The van der Waals surface area contributed by atoms with Crippen molar-refractivity contribution in [1.82, 2.24) is 5.43 Å². The lowest BCUT2D eigenvalue weighted by atomic mass is 10.1. The molecule has 0 fully saturated rings. The average Bonchev–Trinajstić information content (AvgIpc) is 2.71. The Hall–Kier alpha value is -2.36. The molecule has 4 heteroatoms. The van der Waals surface area contributed by atoms with E-state index < -0.39 is 0 Å². The van der Waals surface area contributed by atoms with Crippen LogP contribution in [0.5, 0.6) is 0 Å². The number of carbonyl (C=O) groups excluding carboxylic acids is 1. The summed E-state index contributed by atoms with van der Waals surface area (Å²) in [6.07, 6.45) is 1.65. The van der Waals surface area contributed by atoms with Gasteiger partial charge in [-0.2, -0.15) is 5.10 Å². The summed E-state index contributed by atoms with van der Waals surface area (Å²) >= 11 is 0. The zero-order valence-corrected chi connectivity index (χ0v) is 12.2. The van der Waals surface area contributed by atoms with Gasteiger partial charge < -0.3 is 4.42 Å². The lowest BCUT2D eigenvalue weighted by Crippen LogP contribution is -2.17. The fourth-order valence-electron chi connectivity index (χ4n) is 2.05. The maximum atomic E-state index is 11.9. The van der Waals surface area contributed by atoms with Gasteiger partial charge in [-0.3, -0.25) is 4.79 Å². The summed E-state index contributed by atoms with van der Waals surface area (Å²) in [6.45, 7) is 7.62. The van der Waals surface area contributed by atoms with E-state index in [0.29, 0.717) is 17.1 Å². The van der Waals surface area contributed by atoms with Crippen LogP contribution in [0.4, 0.5) is 0 Å². The molecule has 104 valence electrons. The van der Waals surface area contributed by atoms with Gasteiger partial charge in [0.1, 0.15) is 11.5 Å². The van der Waals surface area contributed by atoms with Crippen molar-refractivity contribution in [2.24, 2.45) is 5.10 Å². The Morgan fingerprint density at radius 3 is 2.55 bits per heavy atom. The monoisotopic (exact) mass is 270 g/mol. The summed E-state index contributed by atoms with van der Waals surface area (Å²) in [5, 5.41) is 3.99. The molecule has 0 radical (unpaired) electrons. The van der Waals surface area contributed by atoms with E-state index in [0.717, 1.165) is 11.1 Å². The number of nitrogens with zero attached hydrogens (tertiary/aromatic N) is 1. The van der Waals surface area contributed by atoms with Crippen molar-refractivity contribution in [3.63, 3.8) is 0 Å². The molecule has 1 amide bonds. The predicted octanol–water partition coefficient (Wildman–Crippen LogP) is 3.28. The summed E-state index contributed by atoms with van der Waals surface area (Å²) in [4.78, 5) is 11.9. The van der Waals surface area contributed by atoms with Crippen molar-refractivity contribution < 1.29 is 9.21 Å². The van der Waals surface area contributed by atoms with Gasteiger partial charge in [0, 0.05) is 0 Å². The van der Waals surface area contributed by atoms with Gasteiger partial charge in [-0.1, -0.05) is 23.8 Å². The van der Waals surface area contributed by atoms with Gasteiger partial charge in [0.05, 0.1) is 11.8 Å². The number of hydrogen-bond donors (Lipinski definition) is 1. The van der Waals surface area contributed by atoms with E-state index in [2.05, 4.69) is 16.6 Å². The van der Waals surface area contributed by atoms with Crippen LogP contribution in [-0.2, 0) is 0 Å². The Kier molecular flexibility index (Phi) is 4.03. The number of carbonyl (C=O) groups is 1. The van der Waals surface area contributed by atoms with Crippen LogP contribution in [0.25, 0.3) is 0 Å². The van der Waals surface area contributed by atoms with Crippen LogP contribution < -0.4 is 5.43 Å². The van der Waals surface area contributed by atoms with Gasteiger partial charge in [-0.05, 0) is 44.9 Å². The molecule has 1 heterocycles. The quantitative estimate of drug-likeness (QED) is 0.687. The minimum atomic E-state index is -0.264. The zero-order chi connectivity index (χ0) is 14.7. The molecular formula is C16H18N2O2. The molecule has 4 nitrogen and oxygen atoms in total. The van der Waals surface area contributed by atoms with Crippen LogP contribution in [0, 0.1) is 27.7 Å². The van der Waals surface area contributed by atoms with Crippen LogP contribution in [0.2, 0.25) is 0 Å². The first-order valence-electron chi connectivity index (χ1n) is 6.45. The molecule has 1 N–H and O–H groups in total. The van der Waals surface area contributed by atoms with E-state index in [9.17, 15) is 4.79 Å². The Labute approximate surface area is 118 Å². The lowest BCUT2D eigenvalue weighted by molar-refractivity contribution is 0.0953. The van der Waals surface area contributed by atoms with Gasteiger partial charge in [-0.25, -0.2) is 5.43 Å². The van der Waals surface area contributed by atoms with E-state index >= 15 is 0 Å². The normalized spacial score (nSPS) is 11.0. The summed E-state index contributed by atoms with van der Waals surface area (Å²) in [5.74, 6) is 1.05. The first kappa shape index (κ1) is 14.1. The van der Waals surface area contributed by atoms with Crippen molar-refractivity contribution in [3.8, 4) is 0 Å². The van der Waals surface area contributed by atoms with E-state index in [-0.39, 0.29) is 5.91 Å². The molecule has 0 saturated heterocycles. The van der Waals surface area contributed by atoms with E-state index in [1.165, 1.54) is 5.56 Å². The maximum Gasteiger partial charge on any atom is 0.274 e. The average molecular weight is 270 g/mol. The molecule has 1 aromatic carbocycles. The van der Waals surface area contributed by atoms with Gasteiger partial charge in [0.2, 0.25) is 0 Å². The Morgan fingerprint density at radius 2 is 1.95 bits per heavy atom. The van der Waals surface area contributed by atoms with Gasteiger partial charge in [-0.15, -0.1) is 0 Å². The molecule has 0 aliphatic heterocycles. The van der Waals surface area contributed by atoms with Crippen molar-refractivity contribution in [2.45, 2.75) is 27.7 Å². The van der Waals surface area contributed by atoms with Crippen molar-refractivity contribution >= 4 is 12.1 Å². The highest BCUT2D eigenvalue weighted by atomic mass is 16.3.